The highest BCUT2D eigenvalue weighted by molar-refractivity contribution is 6.09. The summed E-state index contributed by atoms with van der Waals surface area (Å²) in [5.74, 6) is -1.09. The van der Waals surface area contributed by atoms with Gasteiger partial charge in [-0.05, 0) is 25.0 Å². The molecular formula is C10H10O4. The van der Waals surface area contributed by atoms with Gasteiger partial charge in [0.25, 0.3) is 0 Å². The van der Waals surface area contributed by atoms with Crippen molar-refractivity contribution in [2.24, 2.45) is 0 Å². The van der Waals surface area contributed by atoms with Crippen molar-refractivity contribution >= 4 is 11.8 Å². The van der Waals surface area contributed by atoms with Gasteiger partial charge in [-0.3, -0.25) is 9.59 Å². The van der Waals surface area contributed by atoms with Crippen molar-refractivity contribution in [3.8, 4) is 0 Å². The number of rotatable bonds is 2. The Labute approximate surface area is 80.5 Å². The Balaban J connectivity index is 2.52. The zero-order valence-electron chi connectivity index (χ0n) is 7.53. The molecule has 1 saturated carbocycles. The first-order chi connectivity index (χ1) is 6.68. The van der Waals surface area contributed by atoms with Crippen molar-refractivity contribution in [2.75, 3.05) is 0 Å². The summed E-state index contributed by atoms with van der Waals surface area (Å²) < 4.78 is 5.05. The number of aliphatic carboxylic acids is 1. The van der Waals surface area contributed by atoms with Crippen molar-refractivity contribution in [1.29, 1.82) is 0 Å². The van der Waals surface area contributed by atoms with Crippen molar-refractivity contribution in [3.63, 3.8) is 0 Å². The van der Waals surface area contributed by atoms with Crippen LogP contribution in [-0.2, 0) is 15.0 Å². The summed E-state index contributed by atoms with van der Waals surface area (Å²) >= 11 is 0. The number of hydrogen-bond acceptors (Lipinski definition) is 3. The number of ketones is 1. The smallest absolute Gasteiger partial charge is 0.325 e. The van der Waals surface area contributed by atoms with Crippen molar-refractivity contribution in [3.05, 3.63) is 24.2 Å². The van der Waals surface area contributed by atoms with Gasteiger partial charge < -0.3 is 9.52 Å². The van der Waals surface area contributed by atoms with Crippen LogP contribution < -0.4 is 0 Å². The highest BCUT2D eigenvalue weighted by Gasteiger charge is 2.52. The highest BCUT2D eigenvalue weighted by atomic mass is 16.4. The average molecular weight is 194 g/mol. The largest absolute Gasteiger partial charge is 0.480 e. The normalized spacial score (nSPS) is 26.7. The van der Waals surface area contributed by atoms with Crippen LogP contribution in [-0.4, -0.2) is 16.9 Å². The molecule has 4 heteroatoms. The summed E-state index contributed by atoms with van der Waals surface area (Å²) in [6.07, 6.45) is 2.68. The van der Waals surface area contributed by atoms with Crippen LogP contribution in [0.15, 0.2) is 22.8 Å². The molecule has 14 heavy (non-hydrogen) atoms. The van der Waals surface area contributed by atoms with E-state index in [2.05, 4.69) is 0 Å². The number of carboxylic acids is 1. The van der Waals surface area contributed by atoms with E-state index in [4.69, 9.17) is 9.52 Å². The third kappa shape index (κ3) is 0.999. The standard InChI is InChI=1S/C10H10O4/c11-7-3-1-5-10(7,9(12)13)8-4-2-6-14-8/h2,4,6H,1,3,5H2,(H,12,13). The first kappa shape index (κ1) is 8.99. The van der Waals surface area contributed by atoms with Gasteiger partial charge in [0.05, 0.1) is 6.26 Å². The Hall–Kier alpha value is -1.58. The van der Waals surface area contributed by atoms with Crippen LogP contribution in [0.2, 0.25) is 0 Å². The quantitative estimate of drug-likeness (QED) is 0.721. The number of hydrogen-bond donors (Lipinski definition) is 1. The minimum absolute atomic E-state index is 0.250. The van der Waals surface area contributed by atoms with Gasteiger partial charge in [-0.15, -0.1) is 0 Å². The summed E-state index contributed by atoms with van der Waals surface area (Å²) in [5, 5.41) is 9.13. The van der Waals surface area contributed by atoms with Gasteiger partial charge in [-0.1, -0.05) is 0 Å². The predicted octanol–water partition coefficient (Wildman–Crippen LogP) is 1.35. The molecule has 1 fully saturated rings. The first-order valence-electron chi connectivity index (χ1n) is 4.48. The van der Waals surface area contributed by atoms with E-state index in [0.29, 0.717) is 19.3 Å². The molecule has 1 atom stereocenters. The van der Waals surface area contributed by atoms with Gasteiger partial charge in [-0.25, -0.2) is 0 Å². The summed E-state index contributed by atoms with van der Waals surface area (Å²) in [5.41, 5.74) is -1.41. The average Bonchev–Trinajstić information content (AvgIpc) is 2.72. The van der Waals surface area contributed by atoms with Crippen molar-refractivity contribution in [1.82, 2.24) is 0 Å². The molecule has 0 aliphatic heterocycles. The topological polar surface area (TPSA) is 67.5 Å². The molecule has 1 heterocycles. The highest BCUT2D eigenvalue weighted by Crippen LogP contribution is 2.38. The Morgan fingerprint density at radius 1 is 1.57 bits per heavy atom. The van der Waals surface area contributed by atoms with E-state index in [1.54, 1.807) is 12.1 Å². The van der Waals surface area contributed by atoms with Gasteiger partial charge in [0.1, 0.15) is 5.76 Å². The number of furan rings is 1. The number of Topliss-reactive ketones (excluding diaryl/α,β-unsaturated/α-hetero) is 1. The van der Waals surface area contributed by atoms with E-state index in [9.17, 15) is 9.59 Å². The fourth-order valence-corrected chi connectivity index (χ4v) is 1.98. The van der Waals surface area contributed by atoms with E-state index in [-0.39, 0.29) is 11.5 Å². The van der Waals surface area contributed by atoms with Gasteiger partial charge in [0.15, 0.2) is 11.2 Å². The lowest BCUT2D eigenvalue weighted by Crippen LogP contribution is -2.39. The maximum atomic E-state index is 11.6. The molecule has 1 aliphatic rings. The molecule has 4 nitrogen and oxygen atoms in total. The predicted molar refractivity (Wildman–Crippen MR) is 46.9 cm³/mol. The molecular weight excluding hydrogens is 184 g/mol. The zero-order valence-corrected chi connectivity index (χ0v) is 7.53. The van der Waals surface area contributed by atoms with Crippen LogP contribution in [0.4, 0.5) is 0 Å². The van der Waals surface area contributed by atoms with E-state index in [0.717, 1.165) is 0 Å². The van der Waals surface area contributed by atoms with Gasteiger partial charge in [0, 0.05) is 6.42 Å². The van der Waals surface area contributed by atoms with Crippen LogP contribution in [0, 0.1) is 0 Å². The number of carbonyl (C=O) groups is 2. The zero-order chi connectivity index (χ0) is 10.2. The summed E-state index contributed by atoms with van der Waals surface area (Å²) in [4.78, 5) is 22.7. The van der Waals surface area contributed by atoms with Crippen LogP contribution in [0.25, 0.3) is 0 Å². The molecule has 1 aromatic heterocycles. The molecule has 1 unspecified atom stereocenters. The fourth-order valence-electron chi connectivity index (χ4n) is 1.98. The van der Waals surface area contributed by atoms with Gasteiger partial charge in [-0.2, -0.15) is 0 Å². The molecule has 0 saturated heterocycles. The number of carbonyl (C=O) groups excluding carboxylic acids is 1. The minimum Gasteiger partial charge on any atom is -0.480 e. The fraction of sp³-hybridized carbons (Fsp3) is 0.400. The summed E-state index contributed by atoms with van der Waals surface area (Å²) in [6, 6.07) is 3.16. The molecule has 0 spiro atoms. The summed E-state index contributed by atoms with van der Waals surface area (Å²) in [7, 11) is 0. The van der Waals surface area contributed by atoms with Crippen LogP contribution in [0.5, 0.6) is 0 Å². The second kappa shape index (κ2) is 2.97. The Kier molecular flexibility index (Phi) is 1.91. The molecule has 1 aromatic rings. The maximum Gasteiger partial charge on any atom is 0.325 e. The molecule has 1 N–H and O–H groups in total. The van der Waals surface area contributed by atoms with Crippen LogP contribution in [0.1, 0.15) is 25.0 Å². The molecule has 1 aliphatic carbocycles. The van der Waals surface area contributed by atoms with E-state index in [1.165, 1.54) is 6.26 Å². The Morgan fingerprint density at radius 2 is 2.36 bits per heavy atom. The molecule has 0 amide bonds. The SMILES string of the molecule is O=C(O)C1(c2ccco2)CCCC1=O. The number of carboxylic acid groups (broad SMARTS) is 1. The summed E-state index contributed by atoms with van der Waals surface area (Å²) in [6.45, 7) is 0. The van der Waals surface area contributed by atoms with Crippen LogP contribution >= 0.6 is 0 Å². The maximum absolute atomic E-state index is 11.6. The Morgan fingerprint density at radius 3 is 2.79 bits per heavy atom. The third-order valence-corrected chi connectivity index (χ3v) is 2.74. The molecule has 0 bridgehead atoms. The second-order valence-corrected chi connectivity index (χ2v) is 3.46. The lowest BCUT2D eigenvalue weighted by atomic mass is 9.83. The molecule has 0 aromatic carbocycles. The van der Waals surface area contributed by atoms with Crippen molar-refractivity contribution < 1.29 is 19.1 Å². The van der Waals surface area contributed by atoms with Gasteiger partial charge in [0.2, 0.25) is 0 Å². The van der Waals surface area contributed by atoms with E-state index >= 15 is 0 Å². The van der Waals surface area contributed by atoms with Crippen LogP contribution in [0.3, 0.4) is 0 Å². The Bertz CT molecular complexity index is 365. The molecule has 2 rings (SSSR count). The van der Waals surface area contributed by atoms with E-state index in [1.807, 2.05) is 0 Å². The molecule has 0 radical (unpaired) electrons. The second-order valence-electron chi connectivity index (χ2n) is 3.46. The third-order valence-electron chi connectivity index (χ3n) is 2.74. The monoisotopic (exact) mass is 194 g/mol. The van der Waals surface area contributed by atoms with E-state index < -0.39 is 11.4 Å². The molecule has 74 valence electrons. The van der Waals surface area contributed by atoms with Gasteiger partial charge >= 0.3 is 5.97 Å². The lowest BCUT2D eigenvalue weighted by molar-refractivity contribution is -0.148. The first-order valence-corrected chi connectivity index (χ1v) is 4.48. The van der Waals surface area contributed by atoms with Crippen molar-refractivity contribution in [2.45, 2.75) is 24.7 Å². The minimum atomic E-state index is -1.41. The lowest BCUT2D eigenvalue weighted by Gasteiger charge is -2.18.